The molecule has 3 heterocycles. The van der Waals surface area contributed by atoms with E-state index in [2.05, 4.69) is 26.2 Å². The number of halogens is 1. The number of thiazole rings is 1. The second-order valence-corrected chi connectivity index (χ2v) is 13.2. The van der Waals surface area contributed by atoms with Crippen LogP contribution in [0.2, 0.25) is 0 Å². The van der Waals surface area contributed by atoms with E-state index in [0.29, 0.717) is 44.9 Å². The number of fused-ring (bicyclic) bond motifs is 2. The fourth-order valence-electron chi connectivity index (χ4n) is 5.39. The van der Waals surface area contributed by atoms with E-state index in [-0.39, 0.29) is 29.2 Å². The SMILES string of the molecule is CCOc1cc([C@H]2c3sc(=O)[nH]c3SC3C(=O)N(c4ccc(Br)cc4)C(=O)C32)ccc1OCC(=O)Nc1cccc(C)c1. The number of imide groups is 1. The summed E-state index contributed by atoms with van der Waals surface area (Å²) in [5, 5.41) is 2.70. The van der Waals surface area contributed by atoms with E-state index in [4.69, 9.17) is 9.47 Å². The van der Waals surface area contributed by atoms with Crippen molar-refractivity contribution in [2.24, 2.45) is 5.92 Å². The smallest absolute Gasteiger partial charge is 0.305 e. The maximum absolute atomic E-state index is 14.0. The zero-order chi connectivity index (χ0) is 30.2. The van der Waals surface area contributed by atoms with Gasteiger partial charge in [0.05, 0.1) is 23.2 Å². The van der Waals surface area contributed by atoms with Crippen LogP contribution in [-0.4, -0.2) is 41.2 Å². The predicted molar refractivity (Wildman–Crippen MR) is 169 cm³/mol. The number of aromatic amines is 1. The van der Waals surface area contributed by atoms with E-state index in [0.717, 1.165) is 21.4 Å². The predicted octanol–water partition coefficient (Wildman–Crippen LogP) is 5.72. The summed E-state index contributed by atoms with van der Waals surface area (Å²) in [7, 11) is 0. The lowest BCUT2D eigenvalue weighted by atomic mass is 9.83. The third kappa shape index (κ3) is 5.74. The molecule has 12 heteroatoms. The van der Waals surface area contributed by atoms with Crippen molar-refractivity contribution in [1.82, 2.24) is 4.98 Å². The number of benzene rings is 3. The Hall–Kier alpha value is -3.87. The van der Waals surface area contributed by atoms with Crippen LogP contribution in [0.4, 0.5) is 11.4 Å². The highest BCUT2D eigenvalue weighted by atomic mass is 79.9. The number of carbonyl (C=O) groups is 3. The first kappa shape index (κ1) is 29.2. The lowest BCUT2D eigenvalue weighted by Crippen LogP contribution is -2.32. The molecule has 43 heavy (non-hydrogen) atoms. The van der Waals surface area contributed by atoms with Crippen molar-refractivity contribution in [2.45, 2.75) is 30.0 Å². The summed E-state index contributed by atoms with van der Waals surface area (Å²) in [6, 6.07) is 19.7. The van der Waals surface area contributed by atoms with E-state index >= 15 is 0 Å². The molecule has 2 N–H and O–H groups in total. The number of anilines is 2. The second kappa shape index (κ2) is 12.0. The van der Waals surface area contributed by atoms with E-state index in [9.17, 15) is 19.2 Å². The van der Waals surface area contributed by atoms with Gasteiger partial charge in [0.1, 0.15) is 5.25 Å². The van der Waals surface area contributed by atoms with Gasteiger partial charge < -0.3 is 19.8 Å². The van der Waals surface area contributed by atoms with E-state index < -0.39 is 17.1 Å². The van der Waals surface area contributed by atoms with E-state index in [1.807, 2.05) is 32.0 Å². The van der Waals surface area contributed by atoms with Gasteiger partial charge in [-0.2, -0.15) is 0 Å². The molecule has 2 unspecified atom stereocenters. The Kier molecular flexibility index (Phi) is 8.17. The molecule has 1 fully saturated rings. The number of carbonyl (C=O) groups excluding carboxylic acids is 3. The van der Waals surface area contributed by atoms with Crippen molar-refractivity contribution < 1.29 is 23.9 Å². The average molecular weight is 681 g/mol. The van der Waals surface area contributed by atoms with Gasteiger partial charge in [-0.25, -0.2) is 4.90 Å². The molecule has 1 saturated heterocycles. The highest BCUT2D eigenvalue weighted by Gasteiger charge is 2.56. The molecule has 0 aliphatic carbocycles. The summed E-state index contributed by atoms with van der Waals surface area (Å²) in [4.78, 5) is 57.2. The lowest BCUT2D eigenvalue weighted by Gasteiger charge is -2.30. The highest BCUT2D eigenvalue weighted by Crippen LogP contribution is 2.53. The van der Waals surface area contributed by atoms with Gasteiger partial charge in [-0.3, -0.25) is 19.2 Å². The number of thioether (sulfide) groups is 1. The minimum absolute atomic E-state index is 0.239. The average Bonchev–Trinajstić information content (AvgIpc) is 3.47. The molecule has 4 aromatic rings. The topological polar surface area (TPSA) is 118 Å². The molecular weight excluding hydrogens is 654 g/mol. The van der Waals surface area contributed by atoms with Crippen LogP contribution in [0.3, 0.4) is 0 Å². The van der Waals surface area contributed by atoms with Crippen LogP contribution in [-0.2, 0) is 14.4 Å². The minimum atomic E-state index is -0.735. The van der Waals surface area contributed by atoms with Gasteiger partial charge in [0.25, 0.3) is 5.91 Å². The number of ether oxygens (including phenoxy) is 2. The van der Waals surface area contributed by atoms with Crippen LogP contribution >= 0.6 is 39.0 Å². The minimum Gasteiger partial charge on any atom is -0.490 e. The normalized spacial score (nSPS) is 19.1. The Morgan fingerprint density at radius 1 is 1.00 bits per heavy atom. The first-order valence-corrected chi connectivity index (χ1v) is 16.0. The van der Waals surface area contributed by atoms with Crippen molar-refractivity contribution in [3.8, 4) is 11.5 Å². The molecule has 0 bridgehead atoms. The maximum atomic E-state index is 14.0. The summed E-state index contributed by atoms with van der Waals surface area (Å²) < 4.78 is 12.6. The van der Waals surface area contributed by atoms with Crippen molar-refractivity contribution in [3.63, 3.8) is 0 Å². The molecule has 2 aliphatic heterocycles. The number of hydrogen-bond acceptors (Lipinski definition) is 8. The number of nitrogens with one attached hydrogen (secondary N) is 2. The van der Waals surface area contributed by atoms with Gasteiger partial charge in [0, 0.05) is 21.0 Å². The van der Waals surface area contributed by atoms with Crippen LogP contribution < -0.4 is 24.6 Å². The van der Waals surface area contributed by atoms with Gasteiger partial charge in [0.15, 0.2) is 18.1 Å². The van der Waals surface area contributed by atoms with Gasteiger partial charge >= 0.3 is 4.87 Å². The van der Waals surface area contributed by atoms with Crippen molar-refractivity contribution in [2.75, 3.05) is 23.4 Å². The number of H-pyrrole nitrogens is 1. The Balaban J connectivity index is 1.31. The molecule has 0 radical (unpaired) electrons. The highest BCUT2D eigenvalue weighted by molar-refractivity contribution is 9.10. The zero-order valence-electron chi connectivity index (χ0n) is 23.1. The van der Waals surface area contributed by atoms with Crippen LogP contribution in [0.25, 0.3) is 0 Å². The second-order valence-electron chi connectivity index (χ2n) is 10.1. The quantitative estimate of drug-likeness (QED) is 0.229. The van der Waals surface area contributed by atoms with E-state index in [1.54, 1.807) is 48.5 Å². The van der Waals surface area contributed by atoms with Crippen molar-refractivity contribution >= 4 is 68.1 Å². The monoisotopic (exact) mass is 679 g/mol. The summed E-state index contributed by atoms with van der Waals surface area (Å²) >= 11 is 5.66. The summed E-state index contributed by atoms with van der Waals surface area (Å²) in [6.45, 7) is 3.87. The van der Waals surface area contributed by atoms with Gasteiger partial charge in [0.2, 0.25) is 11.8 Å². The summed E-state index contributed by atoms with van der Waals surface area (Å²) in [5.74, 6) is -1.53. The molecule has 0 spiro atoms. The molecular formula is C31H26BrN3O6S2. The third-order valence-corrected chi connectivity index (χ3v) is 10.1. The largest absolute Gasteiger partial charge is 0.490 e. The maximum Gasteiger partial charge on any atom is 0.305 e. The van der Waals surface area contributed by atoms with Crippen LogP contribution in [0.15, 0.2) is 81.0 Å². The molecule has 0 saturated carbocycles. The Morgan fingerprint density at radius 3 is 2.53 bits per heavy atom. The number of nitrogens with zero attached hydrogens (tertiary/aromatic N) is 1. The van der Waals surface area contributed by atoms with Crippen molar-refractivity contribution in [3.05, 3.63) is 96.9 Å². The van der Waals surface area contributed by atoms with Gasteiger partial charge in [-0.1, -0.05) is 57.2 Å². The Bertz CT molecular complexity index is 1790. The summed E-state index contributed by atoms with van der Waals surface area (Å²) in [6.07, 6.45) is 0. The van der Waals surface area contributed by atoms with Crippen LogP contribution in [0.1, 0.15) is 28.8 Å². The first-order chi connectivity index (χ1) is 20.7. The molecule has 1 aromatic heterocycles. The fourth-order valence-corrected chi connectivity index (χ4v) is 8.17. The molecule has 3 atom stereocenters. The zero-order valence-corrected chi connectivity index (χ0v) is 26.3. The molecule has 6 rings (SSSR count). The number of aromatic nitrogens is 1. The Labute approximate surface area is 263 Å². The fraction of sp³-hybridized carbons (Fsp3) is 0.226. The molecule has 3 amide bonds. The van der Waals surface area contributed by atoms with Crippen molar-refractivity contribution in [1.29, 1.82) is 0 Å². The number of aryl methyl sites for hydroxylation is 1. The molecule has 9 nitrogen and oxygen atoms in total. The Morgan fingerprint density at radius 2 is 1.79 bits per heavy atom. The van der Waals surface area contributed by atoms with Crippen LogP contribution in [0, 0.1) is 12.8 Å². The number of amides is 3. The van der Waals surface area contributed by atoms with Gasteiger partial charge in [-0.15, -0.1) is 0 Å². The molecule has 2 aliphatic rings. The van der Waals surface area contributed by atoms with Crippen LogP contribution in [0.5, 0.6) is 11.5 Å². The van der Waals surface area contributed by atoms with Gasteiger partial charge in [-0.05, 0) is 73.5 Å². The molecule has 220 valence electrons. The molecule has 3 aromatic carbocycles. The van der Waals surface area contributed by atoms with E-state index in [1.165, 1.54) is 16.7 Å². The number of rotatable bonds is 8. The summed E-state index contributed by atoms with van der Waals surface area (Å²) in [5.41, 5.74) is 2.89. The first-order valence-electron chi connectivity index (χ1n) is 13.5. The standard InChI is InChI=1S/C31H26BrN3O6S2/c1-3-40-22-14-17(7-12-21(22)41-15-23(36)33-19-6-4-5-16(2)13-19)24-25-27(42-28-26(24)43-31(39)34-28)30(38)35(29(25)37)20-10-8-18(32)9-11-20/h4-14,24-25,27H,3,15H2,1-2H3,(H,33,36)(H,34,39)/t24-,25?,27?/m1/s1. The lowest BCUT2D eigenvalue weighted by molar-refractivity contribution is -0.122. The number of hydrogen-bond donors (Lipinski definition) is 2. The third-order valence-electron chi connectivity index (χ3n) is 7.20.